The van der Waals surface area contributed by atoms with Crippen LogP contribution < -0.4 is 4.72 Å². The molecule has 1 N–H and O–H groups in total. The minimum atomic E-state index is -3.87. The van der Waals surface area contributed by atoms with Crippen molar-refractivity contribution in [3.63, 3.8) is 0 Å². The second kappa shape index (κ2) is 8.23. The van der Waals surface area contributed by atoms with Crippen LogP contribution in [0.15, 0.2) is 21.6 Å². The zero-order valence-electron chi connectivity index (χ0n) is 17.8. The fraction of sp³-hybridized carbons (Fsp3) is 0.421. The lowest BCUT2D eigenvalue weighted by Gasteiger charge is -2.17. The Hall–Kier alpha value is -2.66. The van der Waals surface area contributed by atoms with Crippen molar-refractivity contribution in [1.82, 2.24) is 19.6 Å². The van der Waals surface area contributed by atoms with Gasteiger partial charge >= 0.3 is 0 Å². The lowest BCUT2D eigenvalue weighted by molar-refractivity contribution is 0.0777. The third-order valence-electron chi connectivity index (χ3n) is 4.91. The quantitative estimate of drug-likeness (QED) is 0.590. The van der Waals surface area contributed by atoms with Gasteiger partial charge in [-0.15, -0.1) is 11.3 Å². The molecule has 0 unspecified atom stereocenters. The second-order valence-corrected chi connectivity index (χ2v) is 9.53. The van der Waals surface area contributed by atoms with Crippen molar-refractivity contribution < 1.29 is 17.7 Å². The number of amides is 1. The smallest absolute Gasteiger partial charge is 0.265 e. The van der Waals surface area contributed by atoms with Gasteiger partial charge in [0.05, 0.1) is 11.4 Å². The maximum absolute atomic E-state index is 12.9. The monoisotopic (exact) mass is 451 g/mol. The number of hydrogen-bond acceptors (Lipinski definition) is 7. The molecule has 0 bridgehead atoms. The average molecular weight is 452 g/mol. The number of hydrogen-bond donors (Lipinski definition) is 1. The van der Waals surface area contributed by atoms with Crippen LogP contribution in [0.4, 0.5) is 5.82 Å². The number of carbonyl (C=O) groups is 1. The van der Waals surface area contributed by atoms with Crippen LogP contribution in [0, 0.1) is 20.8 Å². The Bertz CT molecular complexity index is 1190. The molecule has 3 aromatic heterocycles. The highest BCUT2D eigenvalue weighted by Gasteiger charge is 2.26. The molecule has 9 nitrogen and oxygen atoms in total. The van der Waals surface area contributed by atoms with E-state index in [1.165, 1.54) is 17.4 Å². The first-order chi connectivity index (χ1) is 14.1. The van der Waals surface area contributed by atoms with Gasteiger partial charge in [-0.25, -0.2) is 13.4 Å². The summed E-state index contributed by atoms with van der Waals surface area (Å²) < 4.78 is 34.9. The van der Waals surface area contributed by atoms with Crippen LogP contribution in [0.25, 0.3) is 10.7 Å². The highest BCUT2D eigenvalue weighted by molar-refractivity contribution is 7.92. The minimum Gasteiger partial charge on any atom is -0.360 e. The van der Waals surface area contributed by atoms with Crippen LogP contribution in [-0.2, 0) is 17.1 Å². The summed E-state index contributed by atoms with van der Waals surface area (Å²) in [5, 5.41) is 4.28. The summed E-state index contributed by atoms with van der Waals surface area (Å²) in [5.41, 5.74) is 1.80. The summed E-state index contributed by atoms with van der Waals surface area (Å²) >= 11 is 1.27. The number of carbonyl (C=O) groups excluding carboxylic acids is 1. The molecule has 3 aromatic rings. The lowest BCUT2D eigenvalue weighted by Crippen LogP contribution is -2.30. The lowest BCUT2D eigenvalue weighted by atomic mass is 10.3. The first-order valence-corrected chi connectivity index (χ1v) is 11.8. The van der Waals surface area contributed by atoms with Crippen LogP contribution in [0.2, 0.25) is 0 Å². The molecule has 11 heteroatoms. The number of nitrogens with zero attached hydrogens (tertiary/aromatic N) is 4. The van der Waals surface area contributed by atoms with E-state index in [1.807, 2.05) is 13.8 Å². The summed E-state index contributed by atoms with van der Waals surface area (Å²) in [6.07, 6.45) is 0. The third kappa shape index (κ3) is 3.99. The van der Waals surface area contributed by atoms with Crippen molar-refractivity contribution in [1.29, 1.82) is 0 Å². The number of aryl methyl sites for hydroxylation is 2. The van der Waals surface area contributed by atoms with Crippen molar-refractivity contribution in [2.45, 2.75) is 39.5 Å². The van der Waals surface area contributed by atoms with Gasteiger partial charge in [0.25, 0.3) is 15.9 Å². The first-order valence-electron chi connectivity index (χ1n) is 9.48. The molecule has 0 aliphatic rings. The molecular formula is C19H25N5O4S2. The van der Waals surface area contributed by atoms with E-state index in [0.29, 0.717) is 45.8 Å². The molecule has 0 aromatic carbocycles. The standard InChI is InChI=1S/C19H25N5O4S2/c1-7-24(8-2)19(25)17-12(4)20-18(29-17)14-10-15(13(5)23(14)6)30(26,27)22-16-9-11(3)28-21-16/h9-10H,7-8H2,1-6H3,(H,21,22). The molecule has 1 amide bonds. The number of nitrogens with one attached hydrogen (secondary N) is 1. The van der Waals surface area contributed by atoms with Crippen LogP contribution in [-0.4, -0.2) is 47.0 Å². The van der Waals surface area contributed by atoms with E-state index >= 15 is 0 Å². The summed E-state index contributed by atoms with van der Waals surface area (Å²) in [7, 11) is -2.10. The van der Waals surface area contributed by atoms with E-state index in [0.717, 1.165) is 0 Å². The Morgan fingerprint density at radius 3 is 2.47 bits per heavy atom. The maximum atomic E-state index is 12.9. The zero-order valence-corrected chi connectivity index (χ0v) is 19.4. The predicted octanol–water partition coefficient (Wildman–Crippen LogP) is 3.34. The molecule has 30 heavy (non-hydrogen) atoms. The fourth-order valence-electron chi connectivity index (χ4n) is 3.11. The number of sulfonamides is 1. The minimum absolute atomic E-state index is 0.0666. The molecule has 0 atom stereocenters. The normalized spacial score (nSPS) is 11.7. The van der Waals surface area contributed by atoms with Crippen LogP contribution in [0.3, 0.4) is 0 Å². The third-order valence-corrected chi connectivity index (χ3v) is 7.54. The SMILES string of the molecule is CCN(CC)C(=O)c1sc(-c2cc(S(=O)(=O)Nc3cc(C)on3)c(C)n2C)nc1C. The van der Waals surface area contributed by atoms with Gasteiger partial charge in [-0.3, -0.25) is 9.52 Å². The molecule has 0 aliphatic carbocycles. The van der Waals surface area contributed by atoms with Gasteiger partial charge in [-0.2, -0.15) is 0 Å². The zero-order chi connectivity index (χ0) is 22.2. The van der Waals surface area contributed by atoms with Crippen molar-refractivity contribution >= 4 is 33.1 Å². The van der Waals surface area contributed by atoms with Crippen LogP contribution in [0.1, 0.15) is 40.7 Å². The Labute approximate surface area is 179 Å². The number of thiazole rings is 1. The number of anilines is 1. The average Bonchev–Trinajstić information content (AvgIpc) is 3.34. The van der Waals surface area contributed by atoms with Crippen molar-refractivity contribution in [3.05, 3.63) is 34.2 Å². The van der Waals surface area contributed by atoms with Gasteiger partial charge in [0.15, 0.2) is 5.82 Å². The largest absolute Gasteiger partial charge is 0.360 e. The summed E-state index contributed by atoms with van der Waals surface area (Å²) in [4.78, 5) is 19.7. The number of aromatic nitrogens is 3. The fourth-order valence-corrected chi connectivity index (χ4v) is 5.47. The van der Waals surface area contributed by atoms with E-state index < -0.39 is 10.0 Å². The van der Waals surface area contributed by atoms with Gasteiger partial charge in [-0.1, -0.05) is 5.16 Å². The first kappa shape index (κ1) is 22.0. The second-order valence-electron chi connectivity index (χ2n) is 6.88. The molecule has 0 fully saturated rings. The van der Waals surface area contributed by atoms with Crippen molar-refractivity contribution in [2.24, 2.45) is 7.05 Å². The van der Waals surface area contributed by atoms with Gasteiger partial charge in [0, 0.05) is 31.9 Å². The molecule has 3 rings (SSSR count). The van der Waals surface area contributed by atoms with Gasteiger partial charge in [0.2, 0.25) is 0 Å². The number of rotatable bonds is 7. The van der Waals surface area contributed by atoms with E-state index in [-0.39, 0.29) is 16.6 Å². The molecular weight excluding hydrogens is 426 g/mol. The summed E-state index contributed by atoms with van der Waals surface area (Å²) in [6.45, 7) is 10.3. The van der Waals surface area contributed by atoms with E-state index in [2.05, 4.69) is 14.9 Å². The highest BCUT2D eigenvalue weighted by atomic mass is 32.2. The van der Waals surface area contributed by atoms with Crippen LogP contribution in [0.5, 0.6) is 0 Å². The molecule has 0 saturated heterocycles. The molecule has 162 valence electrons. The summed E-state index contributed by atoms with van der Waals surface area (Å²) in [6, 6.07) is 3.07. The molecule has 3 heterocycles. The van der Waals surface area contributed by atoms with E-state index in [9.17, 15) is 13.2 Å². The topological polar surface area (TPSA) is 110 Å². The van der Waals surface area contributed by atoms with E-state index in [1.54, 1.807) is 43.4 Å². The van der Waals surface area contributed by atoms with Gasteiger partial charge in [-0.05, 0) is 40.7 Å². The molecule has 0 spiro atoms. The molecule has 0 aliphatic heterocycles. The van der Waals surface area contributed by atoms with Crippen molar-refractivity contribution in [2.75, 3.05) is 17.8 Å². The molecule has 0 saturated carbocycles. The maximum Gasteiger partial charge on any atom is 0.265 e. The highest BCUT2D eigenvalue weighted by Crippen LogP contribution is 2.33. The van der Waals surface area contributed by atoms with Crippen LogP contribution >= 0.6 is 11.3 Å². The predicted molar refractivity (Wildman–Crippen MR) is 115 cm³/mol. The molecule has 0 radical (unpaired) electrons. The Morgan fingerprint density at radius 2 is 1.90 bits per heavy atom. The van der Waals surface area contributed by atoms with Gasteiger partial charge < -0.3 is 14.0 Å². The Kier molecular flexibility index (Phi) is 6.04. The van der Waals surface area contributed by atoms with Gasteiger partial charge in [0.1, 0.15) is 20.5 Å². The van der Waals surface area contributed by atoms with Crippen molar-refractivity contribution in [3.8, 4) is 10.7 Å². The Morgan fingerprint density at radius 1 is 1.23 bits per heavy atom. The Balaban J connectivity index is 1.99. The van der Waals surface area contributed by atoms with E-state index in [4.69, 9.17) is 4.52 Å². The summed E-state index contributed by atoms with van der Waals surface area (Å²) in [5.74, 6) is 0.555.